The highest BCUT2D eigenvalue weighted by molar-refractivity contribution is 5.22. The summed E-state index contributed by atoms with van der Waals surface area (Å²) < 4.78 is 2.87. The van der Waals surface area contributed by atoms with Crippen molar-refractivity contribution in [3.05, 3.63) is 68.5 Å². The molecular formula is C16H20N2O2. The van der Waals surface area contributed by atoms with Crippen molar-refractivity contribution in [1.29, 1.82) is 0 Å². The highest BCUT2D eigenvalue weighted by Gasteiger charge is 2.05. The second kappa shape index (κ2) is 6.37. The van der Waals surface area contributed by atoms with Gasteiger partial charge in [-0.3, -0.25) is 9.36 Å². The van der Waals surface area contributed by atoms with Gasteiger partial charge in [0, 0.05) is 18.8 Å². The molecule has 0 saturated carbocycles. The lowest BCUT2D eigenvalue weighted by Crippen LogP contribution is -2.39. The smallest absolute Gasteiger partial charge is 0.300 e. The predicted molar refractivity (Wildman–Crippen MR) is 80.2 cm³/mol. The lowest BCUT2D eigenvalue weighted by Gasteiger charge is -2.09. The first kappa shape index (κ1) is 14.3. The summed E-state index contributed by atoms with van der Waals surface area (Å²) in [5.41, 5.74) is 1.73. The maximum Gasteiger partial charge on any atom is 0.331 e. The van der Waals surface area contributed by atoms with Crippen LogP contribution in [-0.2, 0) is 19.5 Å². The standard InChI is InChI=1S/C16H20N2O2/c1-3-10-17-11-9-15(19)18(16(17)20)12-14-7-5-13(4-2)6-8-14/h5-9,11H,3-4,10,12H2,1-2H3. The molecule has 20 heavy (non-hydrogen) atoms. The van der Waals surface area contributed by atoms with Crippen LogP contribution < -0.4 is 11.2 Å². The second-order valence-corrected chi connectivity index (χ2v) is 4.89. The molecule has 2 rings (SSSR count). The summed E-state index contributed by atoms with van der Waals surface area (Å²) in [4.78, 5) is 24.1. The van der Waals surface area contributed by atoms with E-state index in [1.54, 1.807) is 10.8 Å². The van der Waals surface area contributed by atoms with Gasteiger partial charge in [0.1, 0.15) is 0 Å². The van der Waals surface area contributed by atoms with Crippen LogP contribution in [0.1, 0.15) is 31.4 Å². The Hall–Kier alpha value is -2.10. The average Bonchev–Trinajstić information content (AvgIpc) is 2.47. The molecule has 4 heteroatoms. The first-order valence-corrected chi connectivity index (χ1v) is 7.03. The molecule has 0 radical (unpaired) electrons. The predicted octanol–water partition coefficient (Wildman–Crippen LogP) is 2.03. The Kier molecular flexibility index (Phi) is 4.56. The van der Waals surface area contributed by atoms with Crippen LogP contribution >= 0.6 is 0 Å². The molecule has 0 aliphatic heterocycles. The van der Waals surface area contributed by atoms with E-state index in [0.717, 1.165) is 18.4 Å². The number of hydrogen-bond donors (Lipinski definition) is 0. The van der Waals surface area contributed by atoms with Crippen LogP contribution in [0.2, 0.25) is 0 Å². The Bertz CT molecular complexity index is 681. The zero-order valence-electron chi connectivity index (χ0n) is 12.0. The highest BCUT2D eigenvalue weighted by Crippen LogP contribution is 2.05. The third kappa shape index (κ3) is 3.07. The minimum atomic E-state index is -0.248. The summed E-state index contributed by atoms with van der Waals surface area (Å²) in [5.74, 6) is 0. The van der Waals surface area contributed by atoms with E-state index >= 15 is 0 Å². The van der Waals surface area contributed by atoms with Crippen LogP contribution in [0.15, 0.2) is 46.1 Å². The molecule has 0 saturated heterocycles. The zero-order chi connectivity index (χ0) is 14.5. The fourth-order valence-electron chi connectivity index (χ4n) is 2.18. The lowest BCUT2D eigenvalue weighted by molar-refractivity contribution is 0.570. The molecule has 1 aromatic heterocycles. The van der Waals surface area contributed by atoms with Gasteiger partial charge in [-0.1, -0.05) is 38.1 Å². The van der Waals surface area contributed by atoms with E-state index in [-0.39, 0.29) is 11.2 Å². The van der Waals surface area contributed by atoms with Crippen LogP contribution in [-0.4, -0.2) is 9.13 Å². The topological polar surface area (TPSA) is 44.0 Å². The molecule has 1 aromatic carbocycles. The Balaban J connectivity index is 2.34. The lowest BCUT2D eigenvalue weighted by atomic mass is 10.1. The number of benzene rings is 1. The van der Waals surface area contributed by atoms with Gasteiger partial charge in [-0.05, 0) is 24.0 Å². The summed E-state index contributed by atoms with van der Waals surface area (Å²) in [6.45, 7) is 5.06. The van der Waals surface area contributed by atoms with Gasteiger partial charge in [-0.15, -0.1) is 0 Å². The van der Waals surface area contributed by atoms with Crippen LogP contribution in [0.25, 0.3) is 0 Å². The molecule has 0 unspecified atom stereocenters. The molecule has 4 nitrogen and oxygen atoms in total. The molecule has 0 N–H and O–H groups in total. The molecular weight excluding hydrogens is 252 g/mol. The highest BCUT2D eigenvalue weighted by atomic mass is 16.2. The molecule has 1 heterocycles. The van der Waals surface area contributed by atoms with Crippen LogP contribution in [0.4, 0.5) is 0 Å². The SMILES string of the molecule is CCCn1ccc(=O)n(Cc2ccc(CC)cc2)c1=O. The average molecular weight is 272 g/mol. The van der Waals surface area contributed by atoms with E-state index < -0.39 is 0 Å². The second-order valence-electron chi connectivity index (χ2n) is 4.89. The molecule has 0 amide bonds. The van der Waals surface area contributed by atoms with Crippen molar-refractivity contribution in [2.24, 2.45) is 0 Å². The fraction of sp³-hybridized carbons (Fsp3) is 0.375. The van der Waals surface area contributed by atoms with E-state index in [0.29, 0.717) is 13.1 Å². The summed E-state index contributed by atoms with van der Waals surface area (Å²) >= 11 is 0. The molecule has 0 aliphatic rings. The monoisotopic (exact) mass is 272 g/mol. The molecule has 0 bridgehead atoms. The van der Waals surface area contributed by atoms with Gasteiger partial charge in [-0.2, -0.15) is 0 Å². The van der Waals surface area contributed by atoms with Gasteiger partial charge in [0.05, 0.1) is 6.54 Å². The Morgan fingerprint density at radius 1 is 0.950 bits per heavy atom. The van der Waals surface area contributed by atoms with E-state index in [2.05, 4.69) is 6.92 Å². The molecule has 0 atom stereocenters. The normalized spacial score (nSPS) is 10.7. The van der Waals surface area contributed by atoms with Crippen LogP contribution in [0.5, 0.6) is 0 Å². The van der Waals surface area contributed by atoms with Gasteiger partial charge in [0.2, 0.25) is 0 Å². The Morgan fingerprint density at radius 2 is 1.60 bits per heavy atom. The molecule has 106 valence electrons. The van der Waals surface area contributed by atoms with Crippen molar-refractivity contribution in [3.63, 3.8) is 0 Å². The van der Waals surface area contributed by atoms with E-state index in [9.17, 15) is 9.59 Å². The Labute approximate surface area is 118 Å². The van der Waals surface area contributed by atoms with Crippen molar-refractivity contribution in [1.82, 2.24) is 9.13 Å². The minimum absolute atomic E-state index is 0.237. The number of nitrogens with zero attached hydrogens (tertiary/aromatic N) is 2. The maximum atomic E-state index is 12.2. The first-order chi connectivity index (χ1) is 9.65. The quantitative estimate of drug-likeness (QED) is 0.836. The third-order valence-corrected chi connectivity index (χ3v) is 3.38. The summed E-state index contributed by atoms with van der Waals surface area (Å²) in [6, 6.07) is 9.48. The van der Waals surface area contributed by atoms with E-state index in [4.69, 9.17) is 0 Å². The van der Waals surface area contributed by atoms with Crippen molar-refractivity contribution in [2.45, 2.75) is 39.8 Å². The van der Waals surface area contributed by atoms with Gasteiger partial charge < -0.3 is 4.57 Å². The van der Waals surface area contributed by atoms with Crippen LogP contribution in [0, 0.1) is 0 Å². The third-order valence-electron chi connectivity index (χ3n) is 3.38. The first-order valence-electron chi connectivity index (χ1n) is 7.03. The summed E-state index contributed by atoms with van der Waals surface area (Å²) in [6.07, 6.45) is 3.42. The van der Waals surface area contributed by atoms with Crippen LogP contribution in [0.3, 0.4) is 0 Å². The molecule has 0 aliphatic carbocycles. The van der Waals surface area contributed by atoms with Crippen molar-refractivity contribution < 1.29 is 0 Å². The fourth-order valence-corrected chi connectivity index (χ4v) is 2.18. The van der Waals surface area contributed by atoms with Gasteiger partial charge in [0.15, 0.2) is 0 Å². The zero-order valence-corrected chi connectivity index (χ0v) is 12.0. The number of aryl methyl sites for hydroxylation is 2. The van der Waals surface area contributed by atoms with E-state index in [1.807, 2.05) is 31.2 Å². The maximum absolute atomic E-state index is 12.2. The van der Waals surface area contributed by atoms with E-state index in [1.165, 1.54) is 16.2 Å². The minimum Gasteiger partial charge on any atom is -0.300 e. The van der Waals surface area contributed by atoms with Gasteiger partial charge in [0.25, 0.3) is 5.56 Å². The van der Waals surface area contributed by atoms with Crippen molar-refractivity contribution >= 4 is 0 Å². The summed E-state index contributed by atoms with van der Waals surface area (Å²) in [7, 11) is 0. The molecule has 2 aromatic rings. The Morgan fingerprint density at radius 3 is 2.20 bits per heavy atom. The largest absolute Gasteiger partial charge is 0.331 e. The molecule has 0 fully saturated rings. The number of hydrogen-bond acceptors (Lipinski definition) is 2. The summed E-state index contributed by atoms with van der Waals surface area (Å²) in [5, 5.41) is 0. The number of rotatable bonds is 5. The van der Waals surface area contributed by atoms with Gasteiger partial charge in [-0.25, -0.2) is 4.79 Å². The number of aromatic nitrogens is 2. The molecule has 0 spiro atoms. The van der Waals surface area contributed by atoms with Crippen molar-refractivity contribution in [2.75, 3.05) is 0 Å². The van der Waals surface area contributed by atoms with Crippen molar-refractivity contribution in [3.8, 4) is 0 Å². The van der Waals surface area contributed by atoms with Gasteiger partial charge >= 0.3 is 5.69 Å².